The number of rotatable bonds is 5. The molecule has 0 bridgehead atoms. The first-order valence-electron chi connectivity index (χ1n) is 9.18. The minimum atomic E-state index is -0.785. The Labute approximate surface area is 163 Å². The smallest absolute Gasteiger partial charge is 0.253 e. The molecule has 0 unspecified atom stereocenters. The average Bonchev–Trinajstić information content (AvgIpc) is 2.72. The third kappa shape index (κ3) is 3.45. The molecule has 0 aromatic heterocycles. The summed E-state index contributed by atoms with van der Waals surface area (Å²) in [6.07, 6.45) is 0.352. The van der Waals surface area contributed by atoms with Crippen LogP contribution in [0, 0.1) is 0 Å². The Bertz CT molecular complexity index is 1120. The van der Waals surface area contributed by atoms with Gasteiger partial charge in [0.2, 0.25) is 5.91 Å². The van der Waals surface area contributed by atoms with Crippen LogP contribution < -0.4 is 11.1 Å². The Balaban J connectivity index is 1.75. The van der Waals surface area contributed by atoms with Gasteiger partial charge in [-0.2, -0.15) is 0 Å². The van der Waals surface area contributed by atoms with Crippen molar-refractivity contribution in [1.82, 2.24) is 5.32 Å². The first kappa shape index (κ1) is 17.7. The molecule has 0 saturated heterocycles. The summed E-state index contributed by atoms with van der Waals surface area (Å²) in [7, 11) is 0. The minimum absolute atomic E-state index is 0.298. The van der Waals surface area contributed by atoms with E-state index >= 15 is 0 Å². The van der Waals surface area contributed by atoms with Gasteiger partial charge in [-0.25, -0.2) is 0 Å². The Morgan fingerprint density at radius 2 is 1.32 bits per heavy atom. The lowest BCUT2D eigenvalue weighted by Crippen LogP contribution is -2.46. The van der Waals surface area contributed by atoms with E-state index in [9.17, 15) is 9.59 Å². The molecule has 28 heavy (non-hydrogen) atoms. The van der Waals surface area contributed by atoms with Crippen LogP contribution in [0.4, 0.5) is 0 Å². The molecule has 138 valence electrons. The van der Waals surface area contributed by atoms with Gasteiger partial charge in [-0.05, 0) is 33.2 Å². The summed E-state index contributed by atoms with van der Waals surface area (Å²) in [6.45, 7) is 0. The third-order valence-electron chi connectivity index (χ3n) is 4.93. The van der Waals surface area contributed by atoms with Gasteiger partial charge in [-0.1, -0.05) is 78.9 Å². The van der Waals surface area contributed by atoms with Crippen LogP contribution in [-0.2, 0) is 11.2 Å². The molecule has 4 rings (SSSR count). The molecule has 0 saturated carbocycles. The topological polar surface area (TPSA) is 72.2 Å². The van der Waals surface area contributed by atoms with Crippen molar-refractivity contribution in [3.8, 4) is 0 Å². The standard InChI is InChI=1S/C24H20N2O2/c25-23(27)21(14-16-8-2-1-3-9-16)26-24(28)22-19-12-6-4-10-17(19)15-18-11-5-7-13-20(18)22/h1-13,15,21H,14H2,(H2,25,27)(H,26,28)/t21-/m1/s1. The van der Waals surface area contributed by atoms with Crippen molar-refractivity contribution in [2.75, 3.05) is 0 Å². The SMILES string of the molecule is NC(=O)[C@@H](Cc1ccccc1)NC(=O)c1c2ccccc2cc2ccccc12. The summed E-state index contributed by atoms with van der Waals surface area (Å²) < 4.78 is 0. The zero-order chi connectivity index (χ0) is 19.5. The van der Waals surface area contributed by atoms with Crippen LogP contribution in [0.2, 0.25) is 0 Å². The number of carbonyl (C=O) groups is 2. The van der Waals surface area contributed by atoms with Crippen molar-refractivity contribution in [3.63, 3.8) is 0 Å². The molecule has 0 heterocycles. The van der Waals surface area contributed by atoms with E-state index in [4.69, 9.17) is 5.73 Å². The molecule has 4 heteroatoms. The number of primary amides is 1. The second kappa shape index (κ2) is 7.53. The van der Waals surface area contributed by atoms with Gasteiger partial charge in [0.05, 0.1) is 5.56 Å². The molecule has 0 aliphatic heterocycles. The summed E-state index contributed by atoms with van der Waals surface area (Å²) in [5, 5.41) is 6.50. The summed E-state index contributed by atoms with van der Waals surface area (Å²) in [4.78, 5) is 25.3. The normalized spacial score (nSPS) is 12.0. The second-order valence-electron chi connectivity index (χ2n) is 6.81. The van der Waals surface area contributed by atoms with Gasteiger partial charge in [0.15, 0.2) is 0 Å². The Morgan fingerprint density at radius 3 is 1.89 bits per heavy atom. The number of nitrogens with two attached hydrogens (primary N) is 1. The summed E-state index contributed by atoms with van der Waals surface area (Å²) in [5.74, 6) is -0.852. The Morgan fingerprint density at radius 1 is 0.786 bits per heavy atom. The zero-order valence-electron chi connectivity index (χ0n) is 15.3. The van der Waals surface area contributed by atoms with Crippen molar-refractivity contribution in [2.24, 2.45) is 5.73 Å². The van der Waals surface area contributed by atoms with Gasteiger partial charge in [0, 0.05) is 6.42 Å². The number of benzene rings is 4. The maximum atomic E-state index is 13.3. The highest BCUT2D eigenvalue weighted by Crippen LogP contribution is 2.28. The lowest BCUT2D eigenvalue weighted by Gasteiger charge is -2.18. The predicted octanol–water partition coefficient (Wildman–Crippen LogP) is 3.82. The van der Waals surface area contributed by atoms with Gasteiger partial charge in [0.1, 0.15) is 6.04 Å². The summed E-state index contributed by atoms with van der Waals surface area (Å²) in [6, 6.07) is 26.3. The van der Waals surface area contributed by atoms with E-state index in [2.05, 4.69) is 11.4 Å². The number of carbonyl (C=O) groups excluding carboxylic acids is 2. The number of nitrogens with one attached hydrogen (secondary N) is 1. The molecule has 0 aliphatic carbocycles. The highest BCUT2D eigenvalue weighted by atomic mass is 16.2. The van der Waals surface area contributed by atoms with Gasteiger partial charge in [0.25, 0.3) is 5.91 Å². The van der Waals surface area contributed by atoms with E-state index < -0.39 is 11.9 Å². The molecule has 4 aromatic rings. The number of hydrogen-bond acceptors (Lipinski definition) is 2. The lowest BCUT2D eigenvalue weighted by atomic mass is 9.95. The molecule has 0 aliphatic rings. The van der Waals surface area contributed by atoms with Crippen LogP contribution in [0.25, 0.3) is 21.5 Å². The zero-order valence-corrected chi connectivity index (χ0v) is 15.3. The Kier molecular flexibility index (Phi) is 4.77. The average molecular weight is 368 g/mol. The van der Waals surface area contributed by atoms with Crippen molar-refractivity contribution in [3.05, 3.63) is 96.1 Å². The van der Waals surface area contributed by atoms with E-state index in [0.717, 1.165) is 27.1 Å². The quantitative estimate of drug-likeness (QED) is 0.526. The predicted molar refractivity (Wildman–Crippen MR) is 112 cm³/mol. The van der Waals surface area contributed by atoms with Crippen LogP contribution in [0.1, 0.15) is 15.9 Å². The molecule has 1 atom stereocenters. The first-order valence-corrected chi connectivity index (χ1v) is 9.18. The van der Waals surface area contributed by atoms with E-state index in [1.165, 1.54) is 0 Å². The number of amides is 2. The van der Waals surface area contributed by atoms with Crippen LogP contribution in [0.5, 0.6) is 0 Å². The van der Waals surface area contributed by atoms with Crippen molar-refractivity contribution >= 4 is 33.4 Å². The molecule has 4 aromatic carbocycles. The molecular formula is C24H20N2O2. The number of hydrogen-bond donors (Lipinski definition) is 2. The molecule has 4 nitrogen and oxygen atoms in total. The van der Waals surface area contributed by atoms with Crippen LogP contribution in [0.3, 0.4) is 0 Å². The summed E-state index contributed by atoms with van der Waals surface area (Å²) >= 11 is 0. The van der Waals surface area contributed by atoms with Crippen molar-refractivity contribution in [2.45, 2.75) is 12.5 Å². The molecule has 2 amide bonds. The second-order valence-corrected chi connectivity index (χ2v) is 6.81. The molecular weight excluding hydrogens is 348 g/mol. The first-order chi connectivity index (χ1) is 13.6. The largest absolute Gasteiger partial charge is 0.368 e. The van der Waals surface area contributed by atoms with Gasteiger partial charge in [-0.3, -0.25) is 9.59 Å². The molecule has 3 N–H and O–H groups in total. The fourth-order valence-corrected chi connectivity index (χ4v) is 3.56. The van der Waals surface area contributed by atoms with Crippen LogP contribution in [0.15, 0.2) is 84.9 Å². The van der Waals surface area contributed by atoms with Crippen molar-refractivity contribution in [1.29, 1.82) is 0 Å². The number of fused-ring (bicyclic) bond motifs is 2. The molecule has 0 radical (unpaired) electrons. The van der Waals surface area contributed by atoms with Gasteiger partial charge < -0.3 is 11.1 Å². The Hall–Kier alpha value is -3.66. The van der Waals surface area contributed by atoms with Gasteiger partial charge >= 0.3 is 0 Å². The van der Waals surface area contributed by atoms with E-state index in [0.29, 0.717) is 12.0 Å². The monoisotopic (exact) mass is 368 g/mol. The van der Waals surface area contributed by atoms with E-state index in [1.54, 1.807) is 0 Å². The van der Waals surface area contributed by atoms with Crippen molar-refractivity contribution < 1.29 is 9.59 Å². The molecule has 0 spiro atoms. The fraction of sp³-hybridized carbons (Fsp3) is 0.0833. The summed E-state index contributed by atoms with van der Waals surface area (Å²) in [5.41, 5.74) is 7.08. The fourth-order valence-electron chi connectivity index (χ4n) is 3.56. The third-order valence-corrected chi connectivity index (χ3v) is 4.93. The van der Waals surface area contributed by atoms with Gasteiger partial charge in [-0.15, -0.1) is 0 Å². The highest BCUT2D eigenvalue weighted by Gasteiger charge is 2.22. The van der Waals surface area contributed by atoms with Crippen LogP contribution in [-0.4, -0.2) is 17.9 Å². The maximum absolute atomic E-state index is 13.3. The molecule has 0 fully saturated rings. The van der Waals surface area contributed by atoms with Crippen LogP contribution >= 0.6 is 0 Å². The minimum Gasteiger partial charge on any atom is -0.368 e. The lowest BCUT2D eigenvalue weighted by molar-refractivity contribution is -0.119. The van der Waals surface area contributed by atoms with E-state index in [-0.39, 0.29) is 5.91 Å². The highest BCUT2D eigenvalue weighted by molar-refractivity contribution is 6.18. The van der Waals surface area contributed by atoms with E-state index in [1.807, 2.05) is 78.9 Å². The maximum Gasteiger partial charge on any atom is 0.253 e.